The molecule has 0 fully saturated rings. The van der Waals surface area contributed by atoms with Crippen LogP contribution in [0.1, 0.15) is 52.1 Å². The van der Waals surface area contributed by atoms with E-state index < -0.39 is 0 Å². The fraction of sp³-hybridized carbons (Fsp3) is 0.231. The Hall–Kier alpha value is -3.05. The highest BCUT2D eigenvalue weighted by Crippen LogP contribution is 2.42. The molecule has 1 N–H and O–H groups in total. The molecule has 2 amide bonds. The molecule has 4 rings (SSSR count). The largest absolute Gasteiger partial charge is 0.350 e. The van der Waals surface area contributed by atoms with Gasteiger partial charge in [-0.1, -0.05) is 60.6 Å². The number of benzene rings is 3. The van der Waals surface area contributed by atoms with Gasteiger partial charge in [0.05, 0.1) is 17.8 Å². The molecule has 0 spiro atoms. The number of aryl methyl sites for hydroxylation is 1. The lowest BCUT2D eigenvalue weighted by molar-refractivity contribution is 0.0936. The lowest BCUT2D eigenvalue weighted by Crippen LogP contribution is -2.33. The van der Waals surface area contributed by atoms with Crippen molar-refractivity contribution in [2.75, 3.05) is 4.90 Å². The van der Waals surface area contributed by atoms with Crippen molar-refractivity contribution in [1.82, 2.24) is 5.32 Å². The van der Waals surface area contributed by atoms with Crippen LogP contribution in [-0.2, 0) is 6.54 Å². The van der Waals surface area contributed by atoms with Crippen LogP contribution in [0.5, 0.6) is 0 Å². The second-order valence-corrected chi connectivity index (χ2v) is 9.02. The second-order valence-electron chi connectivity index (χ2n) is 7.94. The Balaban J connectivity index is 1.78. The first-order valence-electron chi connectivity index (χ1n) is 10.6. The molecule has 3 aromatic carbocycles. The molecule has 0 saturated heterocycles. The Labute approximate surface area is 187 Å². The van der Waals surface area contributed by atoms with Crippen LogP contribution in [-0.4, -0.2) is 17.9 Å². The number of hydrogen-bond donors (Lipinski definition) is 1. The average Bonchev–Trinajstić information content (AvgIpc) is 2.89. The van der Waals surface area contributed by atoms with Crippen LogP contribution in [0.25, 0.3) is 0 Å². The van der Waals surface area contributed by atoms with Crippen LogP contribution in [0.3, 0.4) is 0 Å². The lowest BCUT2D eigenvalue weighted by Gasteiger charge is -2.24. The predicted octanol–water partition coefficient (Wildman–Crippen LogP) is 5.83. The molecule has 4 nitrogen and oxygen atoms in total. The Bertz CT molecular complexity index is 1120. The number of hydrogen-bond acceptors (Lipinski definition) is 3. The third-order valence-corrected chi connectivity index (χ3v) is 6.69. The third kappa shape index (κ3) is 4.52. The number of anilines is 1. The van der Waals surface area contributed by atoms with Crippen LogP contribution in [0.4, 0.5) is 5.69 Å². The molecule has 3 aromatic rings. The maximum Gasteiger partial charge on any atom is 0.259 e. The van der Waals surface area contributed by atoms with Crippen molar-refractivity contribution in [2.24, 2.45) is 0 Å². The normalized spacial score (nSPS) is 13.8. The van der Waals surface area contributed by atoms with Crippen molar-refractivity contribution < 1.29 is 9.59 Å². The maximum atomic E-state index is 13.6. The highest BCUT2D eigenvalue weighted by molar-refractivity contribution is 7.99. The zero-order chi connectivity index (χ0) is 22.0. The van der Waals surface area contributed by atoms with Gasteiger partial charge in [-0.25, -0.2) is 0 Å². The Morgan fingerprint density at radius 1 is 1.03 bits per heavy atom. The number of fused-ring (bicyclic) bond motifs is 2. The monoisotopic (exact) mass is 430 g/mol. The fourth-order valence-corrected chi connectivity index (χ4v) is 4.56. The van der Waals surface area contributed by atoms with Crippen molar-refractivity contribution in [2.45, 2.75) is 49.6 Å². The molecule has 0 unspecified atom stereocenters. The minimum absolute atomic E-state index is 0.0538. The average molecular weight is 431 g/mol. The van der Waals surface area contributed by atoms with Gasteiger partial charge in [-0.3, -0.25) is 9.59 Å². The number of amides is 2. The molecule has 1 aliphatic rings. The number of nitrogens with zero attached hydrogens (tertiary/aromatic N) is 1. The molecule has 31 heavy (non-hydrogen) atoms. The van der Waals surface area contributed by atoms with E-state index in [1.54, 1.807) is 16.7 Å². The number of rotatable bonds is 5. The van der Waals surface area contributed by atoms with Gasteiger partial charge in [0.1, 0.15) is 0 Å². The van der Waals surface area contributed by atoms with E-state index in [0.717, 1.165) is 27.5 Å². The van der Waals surface area contributed by atoms with E-state index in [2.05, 4.69) is 17.4 Å². The van der Waals surface area contributed by atoms with Gasteiger partial charge in [-0.15, -0.1) is 0 Å². The molecular formula is C26H26N2O2S. The van der Waals surface area contributed by atoms with Crippen LogP contribution in [0.2, 0.25) is 0 Å². The summed E-state index contributed by atoms with van der Waals surface area (Å²) < 4.78 is 0. The van der Waals surface area contributed by atoms with E-state index in [1.165, 1.54) is 5.56 Å². The summed E-state index contributed by atoms with van der Waals surface area (Å²) in [5.41, 5.74) is 4.23. The van der Waals surface area contributed by atoms with Crippen molar-refractivity contribution in [3.63, 3.8) is 0 Å². The molecule has 1 aliphatic heterocycles. The van der Waals surface area contributed by atoms with Gasteiger partial charge in [0, 0.05) is 21.4 Å². The summed E-state index contributed by atoms with van der Waals surface area (Å²) in [5, 5.41) is 3.02. The van der Waals surface area contributed by atoms with Crippen LogP contribution in [0.15, 0.2) is 76.5 Å². The van der Waals surface area contributed by atoms with Gasteiger partial charge in [0.2, 0.25) is 0 Å². The van der Waals surface area contributed by atoms with Gasteiger partial charge in [0.25, 0.3) is 11.8 Å². The first kappa shape index (κ1) is 21.2. The standard InChI is InChI=1S/C26H26N2O2S/c1-4-18(3)27-25(29)20-13-14-24-22(15-20)28(16-19-11-9-17(2)10-12-19)26(30)21-7-5-6-8-23(21)31-24/h5-15,18H,4,16H2,1-3H3,(H,27,29)/t18-/m1/s1. The molecule has 0 aliphatic carbocycles. The highest BCUT2D eigenvalue weighted by atomic mass is 32.2. The smallest absolute Gasteiger partial charge is 0.259 e. The van der Waals surface area contributed by atoms with Crippen molar-refractivity contribution >= 4 is 29.3 Å². The molecular weight excluding hydrogens is 404 g/mol. The van der Waals surface area contributed by atoms with E-state index in [4.69, 9.17) is 0 Å². The Morgan fingerprint density at radius 2 is 1.77 bits per heavy atom. The van der Waals surface area contributed by atoms with Crippen molar-refractivity contribution in [3.8, 4) is 0 Å². The number of carbonyl (C=O) groups is 2. The summed E-state index contributed by atoms with van der Waals surface area (Å²) in [4.78, 5) is 30.0. The SMILES string of the molecule is CC[C@@H](C)NC(=O)c1ccc2c(c1)N(Cc1ccc(C)cc1)C(=O)c1ccccc1S2. The van der Waals surface area contributed by atoms with Gasteiger partial charge >= 0.3 is 0 Å². The second kappa shape index (κ2) is 8.98. The highest BCUT2D eigenvalue weighted by Gasteiger charge is 2.28. The van der Waals surface area contributed by atoms with Crippen molar-refractivity contribution in [1.29, 1.82) is 0 Å². The van der Waals surface area contributed by atoms with Gasteiger partial charge in [-0.05, 0) is 56.2 Å². The number of carbonyl (C=O) groups excluding carboxylic acids is 2. The molecule has 1 atom stereocenters. The zero-order valence-corrected chi connectivity index (χ0v) is 18.8. The lowest BCUT2D eigenvalue weighted by atomic mass is 10.1. The number of nitrogens with one attached hydrogen (secondary N) is 1. The van der Waals surface area contributed by atoms with E-state index in [1.807, 2.05) is 75.4 Å². The van der Waals surface area contributed by atoms with Crippen LogP contribution in [0, 0.1) is 6.92 Å². The quantitative estimate of drug-likeness (QED) is 0.554. The predicted molar refractivity (Wildman–Crippen MR) is 126 cm³/mol. The summed E-state index contributed by atoms with van der Waals surface area (Å²) in [5.74, 6) is -0.173. The van der Waals surface area contributed by atoms with Crippen LogP contribution >= 0.6 is 11.8 Å². The first-order valence-corrected chi connectivity index (χ1v) is 11.4. The Kier molecular flexibility index (Phi) is 6.14. The Morgan fingerprint density at radius 3 is 2.52 bits per heavy atom. The van der Waals surface area contributed by atoms with Gasteiger partial charge in [0.15, 0.2) is 0 Å². The van der Waals surface area contributed by atoms with E-state index in [0.29, 0.717) is 17.7 Å². The topological polar surface area (TPSA) is 49.4 Å². The summed E-state index contributed by atoms with van der Waals surface area (Å²) in [7, 11) is 0. The van der Waals surface area contributed by atoms with Crippen molar-refractivity contribution in [3.05, 3.63) is 89.0 Å². The zero-order valence-electron chi connectivity index (χ0n) is 18.0. The summed E-state index contributed by atoms with van der Waals surface area (Å²) in [6.45, 7) is 6.52. The summed E-state index contributed by atoms with van der Waals surface area (Å²) in [6.07, 6.45) is 0.861. The molecule has 0 bridgehead atoms. The molecule has 0 aromatic heterocycles. The van der Waals surface area contributed by atoms with Crippen LogP contribution < -0.4 is 10.2 Å². The molecule has 5 heteroatoms. The van der Waals surface area contributed by atoms with Gasteiger partial charge in [-0.2, -0.15) is 0 Å². The van der Waals surface area contributed by atoms with Gasteiger partial charge < -0.3 is 10.2 Å². The molecule has 0 saturated carbocycles. The minimum atomic E-state index is -0.119. The van der Waals surface area contributed by atoms with E-state index in [9.17, 15) is 9.59 Å². The third-order valence-electron chi connectivity index (χ3n) is 5.55. The molecule has 158 valence electrons. The van der Waals surface area contributed by atoms with E-state index in [-0.39, 0.29) is 17.9 Å². The maximum absolute atomic E-state index is 13.6. The summed E-state index contributed by atoms with van der Waals surface area (Å²) >= 11 is 1.57. The van der Waals surface area contributed by atoms with E-state index >= 15 is 0 Å². The minimum Gasteiger partial charge on any atom is -0.350 e. The first-order chi connectivity index (χ1) is 15.0. The summed E-state index contributed by atoms with van der Waals surface area (Å²) in [6, 6.07) is 21.6. The molecule has 0 radical (unpaired) electrons. The molecule has 1 heterocycles. The fourth-order valence-electron chi connectivity index (χ4n) is 3.50.